The van der Waals surface area contributed by atoms with Gasteiger partial charge in [-0.1, -0.05) is 6.08 Å². The zero-order chi connectivity index (χ0) is 18.4. The summed E-state index contributed by atoms with van der Waals surface area (Å²) in [4.78, 5) is 47.3. The summed E-state index contributed by atoms with van der Waals surface area (Å²) in [6.45, 7) is 1.58. The number of carboxylic acids is 1. The number of aromatic nitrogens is 2. The normalized spacial score (nSPS) is 19.1. The van der Waals surface area contributed by atoms with Crippen molar-refractivity contribution in [2.45, 2.75) is 44.9 Å². The number of nitrogens with zero attached hydrogens (tertiary/aromatic N) is 1. The van der Waals surface area contributed by atoms with E-state index in [1.54, 1.807) is 19.1 Å². The van der Waals surface area contributed by atoms with Crippen molar-refractivity contribution in [2.75, 3.05) is 6.61 Å². The number of aromatic amines is 1. The topological polar surface area (TPSA) is 128 Å². The first kappa shape index (κ1) is 18.7. The molecule has 2 N–H and O–H groups in total. The Bertz CT molecular complexity index is 777. The Kier molecular flexibility index (Phi) is 6.29. The highest BCUT2D eigenvalue weighted by atomic mass is 16.6. The Morgan fingerprint density at radius 1 is 1.28 bits per heavy atom. The molecule has 0 aliphatic carbocycles. The van der Waals surface area contributed by atoms with E-state index in [1.165, 1.54) is 10.8 Å². The number of aliphatic carboxylic acids is 1. The van der Waals surface area contributed by atoms with Crippen LogP contribution >= 0.6 is 0 Å². The number of carbonyl (C=O) groups is 2. The highest BCUT2D eigenvalue weighted by Gasteiger charge is 2.23. The number of ether oxygens (including phenoxy) is 2. The molecule has 1 aliphatic rings. The molecule has 0 spiro atoms. The molecule has 136 valence electrons. The third-order valence-corrected chi connectivity index (χ3v) is 3.65. The number of carbonyl (C=O) groups excluding carboxylic acids is 1. The standard InChI is InChI=1S/C16H20N2O7/c1-10-8-18(16(23)17-15(10)22)12-7-6-11(25-12)9-24-14(21)5-3-2-4-13(19)20/h6-8,11-12H,2-5,9H2,1H3,(H,19,20)(H,17,22,23)/t11-,12+/m0/s1. The molecule has 1 aromatic rings. The zero-order valence-corrected chi connectivity index (χ0v) is 13.8. The first-order valence-corrected chi connectivity index (χ1v) is 7.90. The van der Waals surface area contributed by atoms with Crippen LogP contribution in [-0.4, -0.2) is 39.3 Å². The summed E-state index contributed by atoms with van der Waals surface area (Å²) in [6.07, 6.45) is 4.59. The largest absolute Gasteiger partial charge is 0.481 e. The number of carboxylic acid groups (broad SMARTS) is 1. The SMILES string of the molecule is Cc1cn([C@H]2C=C[C@@H](COC(=O)CCCCC(=O)O)O2)c(=O)[nH]c1=O. The van der Waals surface area contributed by atoms with Gasteiger partial charge >= 0.3 is 17.6 Å². The predicted octanol–water partition coefficient (Wildman–Crippen LogP) is 0.487. The quantitative estimate of drug-likeness (QED) is 0.396. The molecule has 0 aromatic carbocycles. The van der Waals surface area contributed by atoms with Crippen LogP contribution in [0.25, 0.3) is 0 Å². The first-order chi connectivity index (χ1) is 11.9. The summed E-state index contributed by atoms with van der Waals surface area (Å²) in [6, 6.07) is 0. The summed E-state index contributed by atoms with van der Waals surface area (Å²) in [5.41, 5.74) is -0.647. The molecule has 0 unspecified atom stereocenters. The fourth-order valence-corrected chi connectivity index (χ4v) is 2.31. The average Bonchev–Trinajstić information content (AvgIpc) is 3.01. The molecule has 0 fully saturated rings. The highest BCUT2D eigenvalue weighted by Crippen LogP contribution is 2.19. The lowest BCUT2D eigenvalue weighted by molar-refractivity contribution is -0.148. The Labute approximate surface area is 142 Å². The van der Waals surface area contributed by atoms with E-state index in [0.717, 1.165) is 0 Å². The van der Waals surface area contributed by atoms with Gasteiger partial charge in [0.05, 0.1) is 0 Å². The predicted molar refractivity (Wildman–Crippen MR) is 86.2 cm³/mol. The van der Waals surface area contributed by atoms with Crippen LogP contribution in [0, 0.1) is 6.92 Å². The maximum absolute atomic E-state index is 11.8. The third-order valence-electron chi connectivity index (χ3n) is 3.65. The third kappa shape index (κ3) is 5.42. The number of H-pyrrole nitrogens is 1. The molecule has 2 rings (SSSR count). The molecule has 0 saturated heterocycles. The van der Waals surface area contributed by atoms with Crippen molar-refractivity contribution in [3.8, 4) is 0 Å². The molecule has 9 heteroatoms. The van der Waals surface area contributed by atoms with E-state index in [1.807, 2.05) is 0 Å². The molecular weight excluding hydrogens is 332 g/mol. The van der Waals surface area contributed by atoms with Crippen LogP contribution in [-0.2, 0) is 19.1 Å². The molecule has 0 radical (unpaired) electrons. The van der Waals surface area contributed by atoms with Gasteiger partial charge < -0.3 is 14.6 Å². The van der Waals surface area contributed by atoms with Gasteiger partial charge in [-0.15, -0.1) is 0 Å². The second-order valence-electron chi connectivity index (χ2n) is 5.71. The molecule has 9 nitrogen and oxygen atoms in total. The summed E-state index contributed by atoms with van der Waals surface area (Å²) < 4.78 is 11.9. The van der Waals surface area contributed by atoms with Crippen LogP contribution in [0.5, 0.6) is 0 Å². The van der Waals surface area contributed by atoms with Gasteiger partial charge in [0.1, 0.15) is 12.7 Å². The van der Waals surface area contributed by atoms with Crippen LogP contribution < -0.4 is 11.2 Å². The minimum absolute atomic E-state index is 0.00184. The van der Waals surface area contributed by atoms with Crippen molar-refractivity contribution in [3.63, 3.8) is 0 Å². The van der Waals surface area contributed by atoms with Gasteiger partial charge in [0.15, 0.2) is 6.23 Å². The summed E-state index contributed by atoms with van der Waals surface area (Å²) >= 11 is 0. The van der Waals surface area contributed by atoms with Crippen molar-refractivity contribution >= 4 is 11.9 Å². The zero-order valence-electron chi connectivity index (χ0n) is 13.8. The molecule has 0 amide bonds. The molecule has 1 aliphatic heterocycles. The van der Waals surface area contributed by atoms with Crippen molar-refractivity contribution in [1.82, 2.24) is 9.55 Å². The van der Waals surface area contributed by atoms with Crippen LogP contribution in [0.4, 0.5) is 0 Å². The lowest BCUT2D eigenvalue weighted by Gasteiger charge is -2.16. The fourth-order valence-electron chi connectivity index (χ4n) is 2.31. The minimum atomic E-state index is -0.892. The van der Waals surface area contributed by atoms with E-state index >= 15 is 0 Å². The van der Waals surface area contributed by atoms with E-state index in [9.17, 15) is 19.2 Å². The lowest BCUT2D eigenvalue weighted by Crippen LogP contribution is -2.33. The van der Waals surface area contributed by atoms with Gasteiger partial charge in [-0.25, -0.2) is 4.79 Å². The average molecular weight is 352 g/mol. The molecule has 0 bridgehead atoms. The van der Waals surface area contributed by atoms with Crippen molar-refractivity contribution in [3.05, 3.63) is 44.8 Å². The molecular formula is C16H20N2O7. The van der Waals surface area contributed by atoms with Crippen LogP contribution in [0.3, 0.4) is 0 Å². The molecule has 0 saturated carbocycles. The summed E-state index contributed by atoms with van der Waals surface area (Å²) in [7, 11) is 0. The lowest BCUT2D eigenvalue weighted by atomic mass is 10.2. The molecule has 2 atom stereocenters. The Balaban J connectivity index is 1.78. The Hall–Kier alpha value is -2.68. The second-order valence-corrected chi connectivity index (χ2v) is 5.71. The van der Waals surface area contributed by atoms with E-state index in [0.29, 0.717) is 18.4 Å². The van der Waals surface area contributed by atoms with E-state index in [-0.39, 0.29) is 19.4 Å². The van der Waals surface area contributed by atoms with Crippen LogP contribution in [0.15, 0.2) is 27.9 Å². The van der Waals surface area contributed by atoms with Gasteiger partial charge in [-0.05, 0) is 25.8 Å². The summed E-state index contributed by atoms with van der Waals surface area (Å²) in [5.74, 6) is -1.32. The van der Waals surface area contributed by atoms with Gasteiger partial charge in [-0.2, -0.15) is 0 Å². The van der Waals surface area contributed by atoms with Crippen molar-refractivity contribution in [1.29, 1.82) is 0 Å². The number of esters is 1. The van der Waals surface area contributed by atoms with Gasteiger partial charge in [0.25, 0.3) is 5.56 Å². The number of rotatable bonds is 8. The van der Waals surface area contributed by atoms with E-state index in [2.05, 4.69) is 4.98 Å². The summed E-state index contributed by atoms with van der Waals surface area (Å²) in [5, 5.41) is 8.51. The van der Waals surface area contributed by atoms with Gasteiger partial charge in [0.2, 0.25) is 0 Å². The number of hydrogen-bond donors (Lipinski definition) is 2. The smallest absolute Gasteiger partial charge is 0.330 e. The molecule has 25 heavy (non-hydrogen) atoms. The van der Waals surface area contributed by atoms with Crippen LogP contribution in [0.2, 0.25) is 0 Å². The molecule has 2 heterocycles. The highest BCUT2D eigenvalue weighted by molar-refractivity contribution is 5.69. The Morgan fingerprint density at radius 2 is 2.00 bits per heavy atom. The van der Waals surface area contributed by atoms with Gasteiger partial charge in [0, 0.05) is 24.6 Å². The number of aryl methyl sites for hydroxylation is 1. The first-order valence-electron chi connectivity index (χ1n) is 7.90. The van der Waals surface area contributed by atoms with Crippen LogP contribution in [0.1, 0.15) is 37.5 Å². The number of unbranched alkanes of at least 4 members (excludes halogenated alkanes) is 1. The van der Waals surface area contributed by atoms with E-state index < -0.39 is 35.5 Å². The monoisotopic (exact) mass is 352 g/mol. The molecule has 1 aromatic heterocycles. The maximum Gasteiger partial charge on any atom is 0.330 e. The maximum atomic E-state index is 11.8. The number of hydrogen-bond acceptors (Lipinski definition) is 6. The van der Waals surface area contributed by atoms with Gasteiger partial charge in [-0.3, -0.25) is 23.9 Å². The van der Waals surface area contributed by atoms with Crippen molar-refractivity contribution < 1.29 is 24.2 Å². The number of nitrogens with one attached hydrogen (secondary N) is 1. The van der Waals surface area contributed by atoms with Crippen molar-refractivity contribution in [2.24, 2.45) is 0 Å². The fraction of sp³-hybridized carbons (Fsp3) is 0.500. The second kappa shape index (κ2) is 8.43. The minimum Gasteiger partial charge on any atom is -0.481 e. The van der Waals surface area contributed by atoms with E-state index in [4.69, 9.17) is 14.6 Å². The Morgan fingerprint density at radius 3 is 2.72 bits per heavy atom.